The van der Waals surface area contributed by atoms with Crippen molar-refractivity contribution < 1.29 is 23.5 Å². The molecule has 0 aromatic carbocycles. The van der Waals surface area contributed by atoms with Crippen LogP contribution in [0.25, 0.3) is 0 Å². The zero-order valence-corrected chi connectivity index (χ0v) is 21.8. The number of ether oxygens (including phenoxy) is 2. The molecule has 4 rings (SSSR count). The Labute approximate surface area is 204 Å². The highest BCUT2D eigenvalue weighted by Crippen LogP contribution is 2.68. The van der Waals surface area contributed by atoms with Crippen molar-refractivity contribution >= 4 is 11.8 Å². The van der Waals surface area contributed by atoms with Crippen LogP contribution in [-0.2, 0) is 19.1 Å². The summed E-state index contributed by atoms with van der Waals surface area (Å²) in [4.78, 5) is 27.3. The molecule has 0 saturated heterocycles. The molecule has 2 fully saturated rings. The fraction of sp³-hybridized carbons (Fsp3) is 0.786. The second-order valence-corrected chi connectivity index (χ2v) is 11.8. The quantitative estimate of drug-likeness (QED) is 0.471. The van der Waals surface area contributed by atoms with Gasteiger partial charge in [0.2, 0.25) is 5.78 Å². The third kappa shape index (κ3) is 3.75. The molecule has 4 aliphatic carbocycles. The van der Waals surface area contributed by atoms with E-state index in [9.17, 15) is 14.0 Å². The predicted molar refractivity (Wildman–Crippen MR) is 130 cm³/mol. The summed E-state index contributed by atoms with van der Waals surface area (Å²) in [5.74, 6) is 1.18. The largest absolute Gasteiger partial charge is 0.498 e. The Morgan fingerprint density at radius 1 is 1.15 bits per heavy atom. The van der Waals surface area contributed by atoms with Gasteiger partial charge in [-0.1, -0.05) is 19.4 Å². The number of Topliss-reactive ketones (excluding diaryl/α,β-unsaturated/α-hetero) is 1. The molecule has 0 radical (unpaired) electrons. The molecule has 0 spiro atoms. The van der Waals surface area contributed by atoms with Gasteiger partial charge in [0, 0.05) is 25.3 Å². The molecule has 2 saturated carbocycles. The Morgan fingerprint density at radius 3 is 2.47 bits per heavy atom. The molecule has 0 bridgehead atoms. The van der Waals surface area contributed by atoms with E-state index in [4.69, 9.17) is 9.47 Å². The molecule has 6 heteroatoms. The number of alkyl halides is 1. The van der Waals surface area contributed by atoms with E-state index < -0.39 is 29.4 Å². The molecule has 34 heavy (non-hydrogen) atoms. The lowest BCUT2D eigenvalue weighted by Crippen LogP contribution is -2.59. The minimum Gasteiger partial charge on any atom is -0.498 e. The number of carbonyl (C=O) groups is 2. The maximum atomic E-state index is 13.8. The van der Waals surface area contributed by atoms with Gasteiger partial charge in [0.25, 0.3) is 0 Å². The number of halogens is 1. The summed E-state index contributed by atoms with van der Waals surface area (Å²) in [5, 5.41) is 0. The molecule has 0 aromatic rings. The van der Waals surface area contributed by atoms with Crippen molar-refractivity contribution in [3.63, 3.8) is 0 Å². The number of esters is 1. The number of carbonyl (C=O) groups excluding carboxylic acids is 2. The van der Waals surface area contributed by atoms with E-state index in [0.717, 1.165) is 50.8 Å². The normalized spacial score (nSPS) is 39.2. The van der Waals surface area contributed by atoms with Gasteiger partial charge in [0.05, 0.1) is 12.4 Å². The number of likely N-dealkylation sites (N-methyl/N-ethyl adjacent to an activating group) is 1. The Hall–Kier alpha value is -1.69. The summed E-state index contributed by atoms with van der Waals surface area (Å²) < 4.78 is 25.6. The van der Waals surface area contributed by atoms with Gasteiger partial charge in [-0.05, 0) is 94.4 Å². The van der Waals surface area contributed by atoms with Gasteiger partial charge in [-0.3, -0.25) is 9.59 Å². The lowest BCUT2D eigenvalue weighted by molar-refractivity contribution is -0.188. The van der Waals surface area contributed by atoms with Gasteiger partial charge in [0.15, 0.2) is 12.3 Å². The topological polar surface area (TPSA) is 55.8 Å². The lowest BCUT2D eigenvalue weighted by atomic mass is 9.46. The van der Waals surface area contributed by atoms with E-state index in [0.29, 0.717) is 24.9 Å². The van der Waals surface area contributed by atoms with Gasteiger partial charge in [-0.15, -0.1) is 0 Å². The lowest BCUT2D eigenvalue weighted by Gasteiger charge is -2.59. The van der Waals surface area contributed by atoms with Crippen LogP contribution in [-0.4, -0.2) is 56.2 Å². The zero-order valence-electron chi connectivity index (χ0n) is 21.8. The van der Waals surface area contributed by atoms with E-state index in [-0.39, 0.29) is 11.3 Å². The highest BCUT2D eigenvalue weighted by Gasteiger charge is 2.68. The number of ketones is 1. The minimum absolute atomic E-state index is 0.0625. The molecule has 0 aliphatic heterocycles. The van der Waals surface area contributed by atoms with Gasteiger partial charge < -0.3 is 14.4 Å². The molecule has 0 amide bonds. The predicted octanol–water partition coefficient (Wildman–Crippen LogP) is 5.25. The molecule has 4 aliphatic rings. The first-order valence-corrected chi connectivity index (χ1v) is 13.0. The molecule has 0 heterocycles. The van der Waals surface area contributed by atoms with E-state index in [1.807, 2.05) is 6.92 Å². The zero-order chi connectivity index (χ0) is 24.9. The van der Waals surface area contributed by atoms with Gasteiger partial charge in [-0.25, -0.2) is 4.39 Å². The number of allylic oxidation sites excluding steroid dienone is 3. The van der Waals surface area contributed by atoms with Crippen molar-refractivity contribution in [2.45, 2.75) is 78.2 Å². The maximum absolute atomic E-state index is 13.8. The molecule has 5 nitrogen and oxygen atoms in total. The number of nitrogens with zero attached hydrogens (tertiary/aromatic N) is 1. The summed E-state index contributed by atoms with van der Waals surface area (Å²) in [6.07, 6.45) is 8.30. The minimum atomic E-state index is -1.33. The average molecular weight is 476 g/mol. The number of hydrogen-bond acceptors (Lipinski definition) is 5. The van der Waals surface area contributed by atoms with Gasteiger partial charge in [-0.2, -0.15) is 0 Å². The molecule has 0 N–H and O–H groups in total. The summed E-state index contributed by atoms with van der Waals surface area (Å²) in [7, 11) is 4.22. The Morgan fingerprint density at radius 2 is 1.85 bits per heavy atom. The maximum Gasteiger partial charge on any atom is 0.303 e. The third-order valence-electron chi connectivity index (χ3n) is 9.78. The smallest absolute Gasteiger partial charge is 0.303 e. The van der Waals surface area contributed by atoms with E-state index in [1.54, 1.807) is 0 Å². The molecular formula is C28H42FNO4. The highest BCUT2D eigenvalue weighted by molar-refractivity contribution is 5.92. The fourth-order valence-corrected chi connectivity index (χ4v) is 8.43. The van der Waals surface area contributed by atoms with Gasteiger partial charge >= 0.3 is 5.97 Å². The Bertz CT molecular complexity index is 910. The summed E-state index contributed by atoms with van der Waals surface area (Å²) in [6, 6.07) is 0. The van der Waals surface area contributed by atoms with Crippen molar-refractivity contribution in [3.05, 3.63) is 23.0 Å². The van der Waals surface area contributed by atoms with Crippen LogP contribution < -0.4 is 0 Å². The van der Waals surface area contributed by atoms with Crippen LogP contribution in [0.4, 0.5) is 4.39 Å². The highest BCUT2D eigenvalue weighted by atomic mass is 19.1. The average Bonchev–Trinajstić information content (AvgIpc) is 3.06. The summed E-state index contributed by atoms with van der Waals surface area (Å²) >= 11 is 0. The first kappa shape index (κ1) is 25.4. The summed E-state index contributed by atoms with van der Waals surface area (Å²) in [6.45, 7) is 8.40. The number of rotatable bonds is 7. The monoisotopic (exact) mass is 475 g/mol. The summed E-state index contributed by atoms with van der Waals surface area (Å²) in [5.41, 5.74) is 1.11. The van der Waals surface area contributed by atoms with E-state index in [1.165, 1.54) is 18.1 Å². The van der Waals surface area contributed by atoms with E-state index >= 15 is 0 Å². The first-order chi connectivity index (χ1) is 16.0. The third-order valence-corrected chi connectivity index (χ3v) is 9.78. The van der Waals surface area contributed by atoms with Crippen molar-refractivity contribution in [1.82, 2.24) is 4.90 Å². The van der Waals surface area contributed by atoms with Crippen LogP contribution in [0.1, 0.15) is 72.6 Å². The Balaban J connectivity index is 1.77. The Kier molecular flexibility index (Phi) is 6.78. The van der Waals surface area contributed by atoms with Crippen LogP contribution in [0.3, 0.4) is 0 Å². The van der Waals surface area contributed by atoms with Crippen LogP contribution >= 0.6 is 0 Å². The second-order valence-electron chi connectivity index (χ2n) is 11.8. The van der Waals surface area contributed by atoms with Crippen molar-refractivity contribution in [2.24, 2.45) is 28.6 Å². The SMILES string of the molecule is CCOC1=CC2=C(CN(C)C)C[C@@H]3[C@H](CC[C@@]4(C)[C@H]3CC[C@]4(OC(C)=O)C(=O)CF)[C@@]2(C)CC1. The number of hydrogen-bond donors (Lipinski definition) is 0. The van der Waals surface area contributed by atoms with E-state index in [2.05, 4.69) is 38.9 Å². The van der Waals surface area contributed by atoms with Crippen LogP contribution in [0.5, 0.6) is 0 Å². The first-order valence-electron chi connectivity index (χ1n) is 13.0. The molecule has 6 atom stereocenters. The van der Waals surface area contributed by atoms with Crippen LogP contribution in [0, 0.1) is 28.6 Å². The van der Waals surface area contributed by atoms with Crippen LogP contribution in [0.2, 0.25) is 0 Å². The molecule has 0 unspecified atom stereocenters. The van der Waals surface area contributed by atoms with Crippen molar-refractivity contribution in [2.75, 3.05) is 33.9 Å². The fourth-order valence-electron chi connectivity index (χ4n) is 8.43. The van der Waals surface area contributed by atoms with Crippen molar-refractivity contribution in [1.29, 1.82) is 0 Å². The van der Waals surface area contributed by atoms with Gasteiger partial charge in [0.1, 0.15) is 0 Å². The van der Waals surface area contributed by atoms with Crippen LogP contribution in [0.15, 0.2) is 23.0 Å². The van der Waals surface area contributed by atoms with Crippen molar-refractivity contribution in [3.8, 4) is 0 Å². The standard InChI is InChI=1S/C28H42FNO4/c1-7-33-20-8-11-26(3)22-9-12-27(4)23(10-13-28(27,25(32)16-29)34-18(2)31)21(22)14-19(17-30(5)6)24(26)15-20/h15,21-23H,7-14,16-17H2,1-6H3/t21-,22+,23+,26-,27+,28+/m1/s1. The second kappa shape index (κ2) is 9.07. The molecular weight excluding hydrogens is 433 g/mol. The number of fused-ring (bicyclic) bond motifs is 5. The molecule has 190 valence electrons. The molecule has 0 aromatic heterocycles.